The number of hydrogen-bond acceptors (Lipinski definition) is 5. The molecule has 3 fully saturated rings. The summed E-state index contributed by atoms with van der Waals surface area (Å²) in [5.41, 5.74) is 1.25. The Hall–Kier alpha value is -0.880. The highest BCUT2D eigenvalue weighted by Gasteiger charge is 2.43. The molecular weight excluding hydrogens is 292 g/mol. The van der Waals surface area contributed by atoms with Crippen LogP contribution in [0.5, 0.6) is 0 Å². The van der Waals surface area contributed by atoms with Gasteiger partial charge in [0.05, 0.1) is 37.9 Å². The Morgan fingerprint density at radius 3 is 2.91 bits per heavy atom. The summed E-state index contributed by atoms with van der Waals surface area (Å²) in [6.45, 7) is 7.19. The van der Waals surface area contributed by atoms with Gasteiger partial charge in [0, 0.05) is 31.2 Å². The van der Waals surface area contributed by atoms with Crippen molar-refractivity contribution in [1.82, 2.24) is 9.80 Å². The number of nitrogens with zero attached hydrogens (tertiary/aromatic N) is 2. The second kappa shape index (κ2) is 7.34. The quantitative estimate of drug-likeness (QED) is 0.803. The summed E-state index contributed by atoms with van der Waals surface area (Å²) < 4.78 is 17.5. The number of furan rings is 1. The molecule has 0 aromatic carbocycles. The van der Waals surface area contributed by atoms with Crippen LogP contribution in [0, 0.1) is 0 Å². The van der Waals surface area contributed by atoms with E-state index in [1.54, 1.807) is 6.26 Å². The molecule has 0 radical (unpaired) electrons. The van der Waals surface area contributed by atoms with Crippen molar-refractivity contribution in [3.63, 3.8) is 0 Å². The second-order valence-corrected chi connectivity index (χ2v) is 7.04. The molecule has 1 aliphatic carbocycles. The number of morpholine rings is 1. The van der Waals surface area contributed by atoms with Crippen LogP contribution >= 0.6 is 0 Å². The maximum Gasteiger partial charge on any atom is 0.0992 e. The van der Waals surface area contributed by atoms with Gasteiger partial charge in [-0.15, -0.1) is 0 Å². The van der Waals surface area contributed by atoms with Crippen molar-refractivity contribution in [3.8, 4) is 0 Å². The zero-order chi connectivity index (χ0) is 15.5. The van der Waals surface area contributed by atoms with Crippen LogP contribution in [-0.2, 0) is 16.0 Å². The predicted molar refractivity (Wildman–Crippen MR) is 87.3 cm³/mol. The largest absolute Gasteiger partial charge is 0.472 e. The summed E-state index contributed by atoms with van der Waals surface area (Å²) in [7, 11) is 0. The van der Waals surface area contributed by atoms with Crippen LogP contribution in [0.1, 0.15) is 31.2 Å². The molecule has 4 rings (SSSR count). The minimum atomic E-state index is 0.245. The highest BCUT2D eigenvalue weighted by Crippen LogP contribution is 2.33. The first kappa shape index (κ1) is 15.6. The summed E-state index contributed by atoms with van der Waals surface area (Å²) >= 11 is 0. The molecule has 2 aliphatic heterocycles. The van der Waals surface area contributed by atoms with Crippen molar-refractivity contribution in [2.75, 3.05) is 39.4 Å². The topological polar surface area (TPSA) is 38.1 Å². The third-order valence-electron chi connectivity index (χ3n) is 5.55. The van der Waals surface area contributed by atoms with Crippen molar-refractivity contribution in [2.45, 2.75) is 50.5 Å². The molecule has 0 unspecified atom stereocenters. The molecule has 1 aromatic rings. The monoisotopic (exact) mass is 320 g/mol. The molecule has 1 aromatic heterocycles. The molecule has 0 spiro atoms. The summed E-state index contributed by atoms with van der Waals surface area (Å²) in [5, 5.41) is 0. The van der Waals surface area contributed by atoms with Crippen LogP contribution in [0.25, 0.3) is 0 Å². The molecule has 3 atom stereocenters. The van der Waals surface area contributed by atoms with E-state index in [1.165, 1.54) is 37.9 Å². The van der Waals surface area contributed by atoms with Gasteiger partial charge in [0.25, 0.3) is 0 Å². The Morgan fingerprint density at radius 1 is 1.17 bits per heavy atom. The zero-order valence-electron chi connectivity index (χ0n) is 13.9. The van der Waals surface area contributed by atoms with Gasteiger partial charge in [-0.25, -0.2) is 0 Å². The maximum absolute atomic E-state index is 6.21. The molecule has 5 nitrogen and oxygen atoms in total. The van der Waals surface area contributed by atoms with Gasteiger partial charge in [-0.1, -0.05) is 0 Å². The van der Waals surface area contributed by atoms with Crippen molar-refractivity contribution in [2.24, 2.45) is 0 Å². The SMILES string of the molecule is c1cc(CN2CCO[C@H]3[C@H](OCCN4CCCC4)CC[C@@H]32)co1. The van der Waals surface area contributed by atoms with E-state index in [4.69, 9.17) is 13.9 Å². The molecule has 3 aliphatic rings. The average Bonchev–Trinajstić information content (AvgIpc) is 3.30. The van der Waals surface area contributed by atoms with Crippen LogP contribution < -0.4 is 0 Å². The van der Waals surface area contributed by atoms with E-state index < -0.39 is 0 Å². The third-order valence-corrected chi connectivity index (χ3v) is 5.55. The van der Waals surface area contributed by atoms with Crippen LogP contribution in [0.3, 0.4) is 0 Å². The van der Waals surface area contributed by atoms with E-state index >= 15 is 0 Å². The van der Waals surface area contributed by atoms with E-state index in [-0.39, 0.29) is 12.2 Å². The fourth-order valence-electron chi connectivity index (χ4n) is 4.32. The van der Waals surface area contributed by atoms with E-state index in [0.717, 1.165) is 39.3 Å². The van der Waals surface area contributed by atoms with E-state index in [9.17, 15) is 0 Å². The minimum Gasteiger partial charge on any atom is -0.472 e. The van der Waals surface area contributed by atoms with Gasteiger partial charge in [0.1, 0.15) is 0 Å². The van der Waals surface area contributed by atoms with Crippen molar-refractivity contribution in [3.05, 3.63) is 24.2 Å². The maximum atomic E-state index is 6.21. The summed E-state index contributed by atoms with van der Waals surface area (Å²) in [6, 6.07) is 2.55. The highest BCUT2D eigenvalue weighted by molar-refractivity contribution is 5.07. The lowest BCUT2D eigenvalue weighted by atomic mass is 10.1. The lowest BCUT2D eigenvalue weighted by Gasteiger charge is -2.39. The number of fused-ring (bicyclic) bond motifs is 1. The van der Waals surface area contributed by atoms with Crippen LogP contribution in [0.4, 0.5) is 0 Å². The summed E-state index contributed by atoms with van der Waals surface area (Å²) in [5.74, 6) is 0. The van der Waals surface area contributed by atoms with Gasteiger partial charge < -0.3 is 18.8 Å². The van der Waals surface area contributed by atoms with Gasteiger partial charge in [0.2, 0.25) is 0 Å². The molecule has 0 amide bonds. The number of hydrogen-bond donors (Lipinski definition) is 0. The highest BCUT2D eigenvalue weighted by atomic mass is 16.5. The molecule has 2 saturated heterocycles. The Kier molecular flexibility index (Phi) is 4.99. The zero-order valence-corrected chi connectivity index (χ0v) is 13.9. The summed E-state index contributed by atoms with van der Waals surface area (Å²) in [4.78, 5) is 5.06. The number of ether oxygens (including phenoxy) is 2. The average molecular weight is 320 g/mol. The van der Waals surface area contributed by atoms with Gasteiger partial charge in [0.15, 0.2) is 0 Å². The molecule has 23 heavy (non-hydrogen) atoms. The summed E-state index contributed by atoms with van der Waals surface area (Å²) in [6.07, 6.45) is 9.12. The van der Waals surface area contributed by atoms with Crippen LogP contribution in [-0.4, -0.2) is 67.4 Å². The third kappa shape index (κ3) is 3.63. The Labute approximate surface area is 138 Å². The number of likely N-dealkylation sites (tertiary alicyclic amines) is 1. The molecule has 0 bridgehead atoms. The van der Waals surface area contributed by atoms with Crippen molar-refractivity contribution < 1.29 is 13.9 Å². The van der Waals surface area contributed by atoms with E-state index in [0.29, 0.717) is 6.04 Å². The fourth-order valence-corrected chi connectivity index (χ4v) is 4.32. The predicted octanol–water partition coefficient (Wildman–Crippen LogP) is 2.12. The number of rotatable bonds is 6. The standard InChI is InChI=1S/C18H28N2O3/c1-2-7-19(6-1)8-11-22-17-4-3-16-18(17)23-12-9-20(16)13-15-5-10-21-14-15/h5,10,14,16-18H,1-4,6-9,11-13H2/t16-,17+,18+/m0/s1. The lowest BCUT2D eigenvalue weighted by Crippen LogP contribution is -2.51. The van der Waals surface area contributed by atoms with E-state index in [1.807, 2.05) is 6.26 Å². The Balaban J connectivity index is 1.28. The van der Waals surface area contributed by atoms with Gasteiger partial charge in [-0.2, -0.15) is 0 Å². The van der Waals surface area contributed by atoms with Crippen molar-refractivity contribution >= 4 is 0 Å². The van der Waals surface area contributed by atoms with Gasteiger partial charge in [-0.3, -0.25) is 4.90 Å². The minimum absolute atomic E-state index is 0.245. The molecule has 3 heterocycles. The van der Waals surface area contributed by atoms with Crippen molar-refractivity contribution in [1.29, 1.82) is 0 Å². The first-order valence-electron chi connectivity index (χ1n) is 9.11. The normalized spacial score (nSPS) is 32.4. The lowest BCUT2D eigenvalue weighted by molar-refractivity contribution is -0.116. The van der Waals surface area contributed by atoms with Crippen LogP contribution in [0.2, 0.25) is 0 Å². The first-order valence-corrected chi connectivity index (χ1v) is 9.11. The first-order chi connectivity index (χ1) is 11.4. The Bertz CT molecular complexity index is 473. The van der Waals surface area contributed by atoms with Gasteiger partial charge >= 0.3 is 0 Å². The van der Waals surface area contributed by atoms with E-state index in [2.05, 4.69) is 15.9 Å². The molecular formula is C18H28N2O3. The molecule has 0 N–H and O–H groups in total. The Morgan fingerprint density at radius 2 is 2.09 bits per heavy atom. The molecule has 5 heteroatoms. The molecule has 1 saturated carbocycles. The van der Waals surface area contributed by atoms with Crippen LogP contribution in [0.15, 0.2) is 23.0 Å². The van der Waals surface area contributed by atoms with Gasteiger partial charge in [-0.05, 0) is 44.8 Å². The second-order valence-electron chi connectivity index (χ2n) is 7.04. The fraction of sp³-hybridized carbons (Fsp3) is 0.778. The molecule has 128 valence electrons. The smallest absolute Gasteiger partial charge is 0.0992 e.